The quantitative estimate of drug-likeness (QED) is 0.527. The maximum Gasteiger partial charge on any atom is 0.125 e. The van der Waals surface area contributed by atoms with Crippen molar-refractivity contribution in [3.8, 4) is 0 Å². The molecular weight excluding hydrogens is 136 g/mol. The Bertz CT molecular complexity index is 207. The fourth-order valence-electron chi connectivity index (χ4n) is 0.606. The first-order valence-electron chi connectivity index (χ1n) is 2.45. The molecule has 1 N–H and O–H groups in total. The molecule has 0 aliphatic carbocycles. The second kappa shape index (κ2) is 1.77. The molecule has 0 saturated heterocycles. The van der Waals surface area contributed by atoms with Gasteiger partial charge in [0.25, 0.3) is 0 Å². The molecule has 0 aromatic heterocycles. The average molecular weight is 140 g/mol. The molecule has 0 saturated carbocycles. The third-order valence-corrected chi connectivity index (χ3v) is 1.74. The first-order chi connectivity index (χ1) is 4.47. The number of hydrogen-bond donors (Lipinski definition) is 1. The standard InChI is InChI=1S/C4H4N4S/c1-2-5-7-8-4(1)9-3-6-8/h1-3,7H. The first-order valence-corrected chi connectivity index (χ1v) is 3.33. The Balaban J connectivity index is 2.29. The minimum Gasteiger partial charge on any atom is -0.197 e. The molecule has 0 spiro atoms. The monoisotopic (exact) mass is 140 g/mol. The first kappa shape index (κ1) is 4.87. The summed E-state index contributed by atoms with van der Waals surface area (Å²) in [6.45, 7) is 0. The molecule has 0 amide bonds. The van der Waals surface area contributed by atoms with E-state index in [0.29, 0.717) is 0 Å². The predicted octanol–water partition coefficient (Wildman–Crippen LogP) is 0.324. The van der Waals surface area contributed by atoms with Crippen molar-refractivity contribution in [1.29, 1.82) is 0 Å². The van der Waals surface area contributed by atoms with Crippen LogP contribution in [0, 0.1) is 0 Å². The maximum absolute atomic E-state index is 3.94. The predicted molar refractivity (Wildman–Crippen MR) is 37.6 cm³/mol. The summed E-state index contributed by atoms with van der Waals surface area (Å²) in [5, 5.41) is 10.4. The van der Waals surface area contributed by atoms with Crippen LogP contribution in [0.25, 0.3) is 0 Å². The third kappa shape index (κ3) is 0.692. The fourth-order valence-corrected chi connectivity index (χ4v) is 1.18. The van der Waals surface area contributed by atoms with Crippen molar-refractivity contribution in [2.75, 3.05) is 0 Å². The molecule has 5 heteroatoms. The summed E-state index contributed by atoms with van der Waals surface area (Å²) < 4.78 is 0. The van der Waals surface area contributed by atoms with Crippen LogP contribution in [-0.4, -0.2) is 16.9 Å². The lowest BCUT2D eigenvalue weighted by Crippen LogP contribution is -2.27. The van der Waals surface area contributed by atoms with Gasteiger partial charge in [-0.2, -0.15) is 20.9 Å². The Kier molecular flexibility index (Phi) is 0.955. The lowest BCUT2D eigenvalue weighted by Gasteiger charge is -2.14. The highest BCUT2D eigenvalue weighted by Gasteiger charge is 2.13. The number of allylic oxidation sites excluding steroid dienone is 1. The van der Waals surface area contributed by atoms with Crippen LogP contribution in [0.15, 0.2) is 21.3 Å². The normalized spacial score (nSPS) is 21.3. The van der Waals surface area contributed by atoms with E-state index in [-0.39, 0.29) is 0 Å². The van der Waals surface area contributed by atoms with E-state index in [1.807, 2.05) is 6.08 Å². The van der Waals surface area contributed by atoms with E-state index in [0.717, 1.165) is 5.03 Å². The van der Waals surface area contributed by atoms with Gasteiger partial charge < -0.3 is 0 Å². The van der Waals surface area contributed by atoms with Crippen LogP contribution < -0.4 is 5.53 Å². The molecule has 2 aliphatic rings. The Hall–Kier alpha value is -0.970. The summed E-state index contributed by atoms with van der Waals surface area (Å²) >= 11 is 1.57. The van der Waals surface area contributed by atoms with Gasteiger partial charge >= 0.3 is 0 Å². The number of nitrogens with one attached hydrogen (secondary N) is 1. The van der Waals surface area contributed by atoms with E-state index in [9.17, 15) is 0 Å². The number of nitrogens with zero attached hydrogens (tertiary/aromatic N) is 3. The topological polar surface area (TPSA) is 40.0 Å². The SMILES string of the molecule is C1=NNN2N=CSC2=C1. The number of hydrogen-bond acceptors (Lipinski definition) is 5. The minimum atomic E-state index is 1.06. The van der Waals surface area contributed by atoms with Gasteiger partial charge in [0.15, 0.2) is 0 Å². The number of rotatable bonds is 0. The highest BCUT2D eigenvalue weighted by atomic mass is 32.2. The highest BCUT2D eigenvalue weighted by Crippen LogP contribution is 2.23. The van der Waals surface area contributed by atoms with Crippen LogP contribution >= 0.6 is 11.8 Å². The van der Waals surface area contributed by atoms with E-state index in [2.05, 4.69) is 15.7 Å². The van der Waals surface area contributed by atoms with Gasteiger partial charge in [-0.05, 0) is 6.08 Å². The Morgan fingerprint density at radius 1 is 1.67 bits per heavy atom. The zero-order chi connectivity index (χ0) is 6.10. The smallest absolute Gasteiger partial charge is 0.125 e. The molecule has 4 nitrogen and oxygen atoms in total. The Labute approximate surface area is 56.3 Å². The Morgan fingerprint density at radius 2 is 2.67 bits per heavy atom. The molecule has 2 heterocycles. The summed E-state index contributed by atoms with van der Waals surface area (Å²) in [5.74, 6) is 0. The molecule has 0 aromatic carbocycles. The number of hydrazine groups is 1. The van der Waals surface area contributed by atoms with Gasteiger partial charge in [0, 0.05) is 0 Å². The molecule has 9 heavy (non-hydrogen) atoms. The summed E-state index contributed by atoms with van der Waals surface area (Å²) in [7, 11) is 0. The summed E-state index contributed by atoms with van der Waals surface area (Å²) in [4.78, 5) is 0. The number of fused-ring (bicyclic) bond motifs is 1. The van der Waals surface area contributed by atoms with Crippen LogP contribution in [0.4, 0.5) is 0 Å². The van der Waals surface area contributed by atoms with Crippen molar-refractivity contribution in [3.05, 3.63) is 11.1 Å². The van der Waals surface area contributed by atoms with Gasteiger partial charge in [-0.1, -0.05) is 11.8 Å². The molecular formula is C4H4N4S. The molecule has 0 bridgehead atoms. The van der Waals surface area contributed by atoms with E-state index < -0.39 is 0 Å². The van der Waals surface area contributed by atoms with E-state index in [4.69, 9.17) is 0 Å². The zero-order valence-corrected chi connectivity index (χ0v) is 5.30. The zero-order valence-electron chi connectivity index (χ0n) is 4.48. The molecule has 46 valence electrons. The lowest BCUT2D eigenvalue weighted by molar-refractivity contribution is 0.287. The molecule has 2 aliphatic heterocycles. The largest absolute Gasteiger partial charge is 0.197 e. The Morgan fingerprint density at radius 3 is 3.56 bits per heavy atom. The van der Waals surface area contributed by atoms with Gasteiger partial charge in [-0.15, -0.1) is 0 Å². The van der Waals surface area contributed by atoms with Gasteiger partial charge in [-0.25, -0.2) is 0 Å². The summed E-state index contributed by atoms with van der Waals surface area (Å²) in [6.07, 6.45) is 3.60. The second-order valence-electron chi connectivity index (χ2n) is 1.53. The van der Waals surface area contributed by atoms with Crippen LogP contribution in [0.2, 0.25) is 0 Å². The molecule has 0 radical (unpaired) electrons. The molecule has 2 rings (SSSR count). The van der Waals surface area contributed by atoms with Crippen molar-refractivity contribution in [1.82, 2.24) is 10.7 Å². The van der Waals surface area contributed by atoms with Crippen molar-refractivity contribution < 1.29 is 0 Å². The summed E-state index contributed by atoms with van der Waals surface area (Å²) in [5.41, 5.74) is 4.45. The summed E-state index contributed by atoms with van der Waals surface area (Å²) in [6, 6.07) is 0. The average Bonchev–Trinajstić information content (AvgIpc) is 2.33. The number of thioether (sulfide) groups is 1. The second-order valence-corrected chi connectivity index (χ2v) is 2.40. The minimum absolute atomic E-state index is 1.06. The molecule has 0 unspecified atom stereocenters. The van der Waals surface area contributed by atoms with Crippen molar-refractivity contribution in [2.45, 2.75) is 0 Å². The van der Waals surface area contributed by atoms with Gasteiger partial charge in [0.2, 0.25) is 0 Å². The van der Waals surface area contributed by atoms with Crippen molar-refractivity contribution in [3.63, 3.8) is 0 Å². The van der Waals surface area contributed by atoms with E-state index in [1.54, 1.807) is 28.6 Å². The molecule has 0 atom stereocenters. The van der Waals surface area contributed by atoms with E-state index >= 15 is 0 Å². The third-order valence-electron chi connectivity index (χ3n) is 0.989. The van der Waals surface area contributed by atoms with Gasteiger partial charge in [-0.3, -0.25) is 0 Å². The highest BCUT2D eigenvalue weighted by molar-refractivity contribution is 8.15. The maximum atomic E-state index is 3.94. The van der Waals surface area contributed by atoms with Gasteiger partial charge in [0.05, 0.1) is 11.8 Å². The van der Waals surface area contributed by atoms with Crippen LogP contribution in [0.5, 0.6) is 0 Å². The van der Waals surface area contributed by atoms with Crippen LogP contribution in [0.1, 0.15) is 0 Å². The van der Waals surface area contributed by atoms with Crippen molar-refractivity contribution >= 4 is 23.5 Å². The lowest BCUT2D eigenvalue weighted by atomic mass is 10.6. The number of hydrazone groups is 2. The molecule has 0 fully saturated rings. The van der Waals surface area contributed by atoms with Crippen molar-refractivity contribution in [2.24, 2.45) is 10.2 Å². The van der Waals surface area contributed by atoms with Gasteiger partial charge in [0.1, 0.15) is 5.03 Å². The van der Waals surface area contributed by atoms with E-state index in [1.165, 1.54) is 0 Å². The fraction of sp³-hybridized carbons (Fsp3) is 0. The van der Waals surface area contributed by atoms with Crippen LogP contribution in [-0.2, 0) is 0 Å². The van der Waals surface area contributed by atoms with Crippen LogP contribution in [0.3, 0.4) is 0 Å². The molecule has 0 aromatic rings.